The Balaban J connectivity index is 2.11. The molecule has 0 aromatic carbocycles. The van der Waals surface area contributed by atoms with Gasteiger partial charge in [-0.05, 0) is 18.4 Å². The highest BCUT2D eigenvalue weighted by Crippen LogP contribution is 2.31. The molecule has 0 fully saturated rings. The maximum absolute atomic E-state index is 12.8. The molecule has 0 saturated carbocycles. The zero-order valence-electron chi connectivity index (χ0n) is 10.8. The van der Waals surface area contributed by atoms with E-state index in [0.29, 0.717) is 17.6 Å². The maximum atomic E-state index is 12.8. The summed E-state index contributed by atoms with van der Waals surface area (Å²) < 4.78 is 38.5. The van der Waals surface area contributed by atoms with Gasteiger partial charge in [0.2, 0.25) is 5.54 Å². The highest BCUT2D eigenvalue weighted by Gasteiger charge is 2.57. The number of thiophene rings is 1. The number of aliphatic carboxylic acids is 1. The topological polar surface area (TPSA) is 62.2 Å². The Kier molecular flexibility index (Phi) is 4.35. The lowest BCUT2D eigenvalue weighted by atomic mass is 10.0. The summed E-state index contributed by atoms with van der Waals surface area (Å²) in [6.07, 6.45) is -4.90. The molecule has 2 heterocycles. The quantitative estimate of drug-likeness (QED) is 0.879. The van der Waals surface area contributed by atoms with Gasteiger partial charge < -0.3 is 5.11 Å². The molecule has 2 rings (SSSR count). The standard InChI is InChI=1S/C12H11F3N2O2S2/c1-11(10(18)19,12(13,14)15)16-4-8-6-21-9(17-8)7-2-3-20-5-7/h2-3,5-6,16H,4H2,1H3,(H,18,19). The summed E-state index contributed by atoms with van der Waals surface area (Å²) in [4.78, 5) is 15.1. The van der Waals surface area contributed by atoms with Gasteiger partial charge >= 0.3 is 12.1 Å². The van der Waals surface area contributed by atoms with Crippen LogP contribution in [0.5, 0.6) is 0 Å². The van der Waals surface area contributed by atoms with Gasteiger partial charge in [-0.15, -0.1) is 11.3 Å². The van der Waals surface area contributed by atoms with Crippen LogP contribution < -0.4 is 5.32 Å². The molecule has 0 saturated heterocycles. The van der Waals surface area contributed by atoms with E-state index in [1.807, 2.05) is 22.1 Å². The lowest BCUT2D eigenvalue weighted by molar-refractivity contribution is -0.206. The summed E-state index contributed by atoms with van der Waals surface area (Å²) in [6, 6.07) is 1.86. The predicted octanol–water partition coefficient (Wildman–Crippen LogP) is 3.37. The highest BCUT2D eigenvalue weighted by molar-refractivity contribution is 7.14. The summed E-state index contributed by atoms with van der Waals surface area (Å²) in [5.74, 6) is -1.97. The summed E-state index contributed by atoms with van der Waals surface area (Å²) >= 11 is 2.79. The van der Waals surface area contributed by atoms with Gasteiger partial charge in [-0.2, -0.15) is 24.5 Å². The van der Waals surface area contributed by atoms with Gasteiger partial charge in [0.05, 0.1) is 5.69 Å². The second-order valence-corrected chi connectivity index (χ2v) is 6.08. The van der Waals surface area contributed by atoms with Crippen molar-refractivity contribution in [3.8, 4) is 10.6 Å². The molecule has 21 heavy (non-hydrogen) atoms. The number of hydrogen-bond donors (Lipinski definition) is 2. The van der Waals surface area contributed by atoms with Gasteiger partial charge in [0.15, 0.2) is 0 Å². The highest BCUT2D eigenvalue weighted by atomic mass is 32.1. The molecule has 0 aliphatic carbocycles. The van der Waals surface area contributed by atoms with Crippen molar-refractivity contribution in [2.45, 2.75) is 25.2 Å². The minimum atomic E-state index is -4.90. The molecule has 0 radical (unpaired) electrons. The van der Waals surface area contributed by atoms with Crippen LogP contribution >= 0.6 is 22.7 Å². The van der Waals surface area contributed by atoms with Crippen LogP contribution in [0.2, 0.25) is 0 Å². The molecule has 1 unspecified atom stereocenters. The van der Waals surface area contributed by atoms with Crippen LogP contribution in [0.25, 0.3) is 10.6 Å². The summed E-state index contributed by atoms with van der Waals surface area (Å²) in [5, 5.41) is 16.9. The molecule has 0 spiro atoms. The molecule has 1 atom stereocenters. The van der Waals surface area contributed by atoms with E-state index in [1.165, 1.54) is 22.7 Å². The monoisotopic (exact) mass is 336 g/mol. The largest absolute Gasteiger partial charge is 0.480 e. The zero-order valence-corrected chi connectivity index (χ0v) is 12.4. The number of carbonyl (C=O) groups is 1. The third-order valence-corrected chi connectivity index (χ3v) is 4.56. The average Bonchev–Trinajstić information content (AvgIpc) is 3.04. The van der Waals surface area contributed by atoms with E-state index in [0.717, 1.165) is 5.56 Å². The smallest absolute Gasteiger partial charge is 0.417 e. The molecule has 114 valence electrons. The number of carboxylic acid groups (broad SMARTS) is 1. The number of halogens is 3. The van der Waals surface area contributed by atoms with Crippen molar-refractivity contribution in [3.63, 3.8) is 0 Å². The Morgan fingerprint density at radius 1 is 1.43 bits per heavy atom. The SMILES string of the molecule is CC(NCc1csc(-c2ccsc2)n1)(C(=O)O)C(F)(F)F. The number of nitrogens with zero attached hydrogens (tertiary/aromatic N) is 1. The minimum absolute atomic E-state index is 0.275. The first-order chi connectivity index (χ1) is 9.74. The van der Waals surface area contributed by atoms with E-state index in [-0.39, 0.29) is 6.54 Å². The van der Waals surface area contributed by atoms with Crippen LogP contribution in [0.15, 0.2) is 22.2 Å². The van der Waals surface area contributed by atoms with Gasteiger partial charge in [0.25, 0.3) is 0 Å². The van der Waals surface area contributed by atoms with Crippen molar-refractivity contribution in [1.82, 2.24) is 10.3 Å². The third-order valence-electron chi connectivity index (χ3n) is 2.94. The Labute approximate surface area is 126 Å². The predicted molar refractivity (Wildman–Crippen MR) is 74.4 cm³/mol. The summed E-state index contributed by atoms with van der Waals surface area (Å²) in [5.41, 5.74) is -1.73. The molecule has 4 nitrogen and oxygen atoms in total. The molecule has 2 aromatic rings. The van der Waals surface area contributed by atoms with Crippen molar-refractivity contribution in [3.05, 3.63) is 27.9 Å². The van der Waals surface area contributed by atoms with Crippen LogP contribution in [0.3, 0.4) is 0 Å². The Morgan fingerprint density at radius 3 is 2.67 bits per heavy atom. The van der Waals surface area contributed by atoms with Crippen LogP contribution in [0.4, 0.5) is 13.2 Å². The molecular weight excluding hydrogens is 325 g/mol. The van der Waals surface area contributed by atoms with Crippen LogP contribution in [-0.4, -0.2) is 27.8 Å². The lowest BCUT2D eigenvalue weighted by Crippen LogP contribution is -2.59. The second kappa shape index (κ2) is 5.74. The minimum Gasteiger partial charge on any atom is -0.480 e. The van der Waals surface area contributed by atoms with E-state index in [1.54, 1.807) is 5.38 Å². The molecular formula is C12H11F3N2O2S2. The van der Waals surface area contributed by atoms with E-state index < -0.39 is 17.7 Å². The first kappa shape index (κ1) is 15.9. The third kappa shape index (κ3) is 3.25. The molecule has 0 aliphatic heterocycles. The first-order valence-electron chi connectivity index (χ1n) is 5.76. The van der Waals surface area contributed by atoms with E-state index in [9.17, 15) is 18.0 Å². The van der Waals surface area contributed by atoms with Crippen LogP contribution in [-0.2, 0) is 11.3 Å². The molecule has 0 aliphatic rings. The van der Waals surface area contributed by atoms with Gasteiger partial charge in [-0.1, -0.05) is 0 Å². The van der Waals surface area contributed by atoms with Gasteiger partial charge in [-0.25, -0.2) is 9.78 Å². The van der Waals surface area contributed by atoms with E-state index in [4.69, 9.17) is 5.11 Å². The van der Waals surface area contributed by atoms with Crippen molar-refractivity contribution in [2.75, 3.05) is 0 Å². The van der Waals surface area contributed by atoms with Crippen molar-refractivity contribution in [1.29, 1.82) is 0 Å². The van der Waals surface area contributed by atoms with Gasteiger partial charge in [0.1, 0.15) is 5.01 Å². The van der Waals surface area contributed by atoms with Crippen LogP contribution in [0, 0.1) is 0 Å². The fraction of sp³-hybridized carbons (Fsp3) is 0.333. The number of aromatic nitrogens is 1. The second-order valence-electron chi connectivity index (χ2n) is 4.44. The normalized spacial score (nSPS) is 14.9. The fourth-order valence-electron chi connectivity index (χ4n) is 1.47. The van der Waals surface area contributed by atoms with Crippen LogP contribution in [0.1, 0.15) is 12.6 Å². The first-order valence-corrected chi connectivity index (χ1v) is 7.58. The van der Waals surface area contributed by atoms with Gasteiger partial charge in [0, 0.05) is 22.9 Å². The molecule has 0 amide bonds. The molecule has 9 heteroatoms. The Hall–Kier alpha value is -1.45. The number of thiazole rings is 1. The Morgan fingerprint density at radius 2 is 2.14 bits per heavy atom. The Bertz CT molecular complexity index is 625. The summed E-state index contributed by atoms with van der Waals surface area (Å²) in [6.45, 7) is 0.324. The van der Waals surface area contributed by atoms with Gasteiger partial charge in [-0.3, -0.25) is 5.32 Å². The number of rotatable bonds is 5. The van der Waals surface area contributed by atoms with E-state index in [2.05, 4.69) is 4.98 Å². The van der Waals surface area contributed by atoms with Crippen molar-refractivity contribution < 1.29 is 23.1 Å². The van der Waals surface area contributed by atoms with E-state index >= 15 is 0 Å². The fourth-order valence-corrected chi connectivity index (χ4v) is 3.00. The average molecular weight is 336 g/mol. The zero-order chi connectivity index (χ0) is 15.7. The van der Waals surface area contributed by atoms with Crippen molar-refractivity contribution >= 4 is 28.6 Å². The number of alkyl halides is 3. The lowest BCUT2D eigenvalue weighted by Gasteiger charge is -2.28. The summed E-state index contributed by atoms with van der Waals surface area (Å²) in [7, 11) is 0. The molecule has 2 N–H and O–H groups in total. The number of carboxylic acids is 1. The molecule has 2 aromatic heterocycles. The molecule has 0 bridgehead atoms. The maximum Gasteiger partial charge on any atom is 0.417 e. The number of hydrogen-bond acceptors (Lipinski definition) is 5. The number of nitrogens with one attached hydrogen (secondary N) is 1. The van der Waals surface area contributed by atoms with Crippen molar-refractivity contribution in [2.24, 2.45) is 0 Å².